The fraction of sp³-hybridized carbons (Fsp3) is 0.910. The van der Waals surface area contributed by atoms with Crippen LogP contribution in [0.2, 0.25) is 0 Å². The van der Waals surface area contributed by atoms with E-state index in [0.717, 1.165) is 57.8 Å². The number of phosphoric ester groups is 1. The van der Waals surface area contributed by atoms with Crippen LogP contribution in [0.1, 0.15) is 342 Å². The number of rotatable bonds is 62. The third-order valence-corrected chi connectivity index (χ3v) is 16.4. The van der Waals surface area contributed by atoms with Crippen molar-refractivity contribution in [1.82, 2.24) is 5.32 Å². The largest absolute Gasteiger partial charge is 0.472 e. The smallest absolute Gasteiger partial charge is 0.456 e. The number of nitrogens with zero attached hydrogens (tertiary/aromatic N) is 1. The molecule has 0 rings (SSSR count). The fourth-order valence-corrected chi connectivity index (χ4v) is 10.9. The molecule has 0 aliphatic carbocycles. The lowest BCUT2D eigenvalue weighted by Crippen LogP contribution is -2.47. The minimum absolute atomic E-state index is 0.0441. The highest BCUT2D eigenvalue weighted by molar-refractivity contribution is 7.47. The molecule has 0 saturated heterocycles. The molecule has 9 nitrogen and oxygen atoms in total. The molecule has 0 aromatic carbocycles. The van der Waals surface area contributed by atoms with E-state index in [0.29, 0.717) is 23.9 Å². The molecule has 2 N–H and O–H groups in total. The maximum atomic E-state index is 13.6. The lowest BCUT2D eigenvalue weighted by Gasteiger charge is -2.27. The summed E-state index contributed by atoms with van der Waals surface area (Å²) in [5.41, 5.74) is 0. The number of allylic oxidation sites excluding steroid dienone is 3. The number of hydrogen-bond acceptors (Lipinski definition) is 6. The van der Waals surface area contributed by atoms with Crippen LogP contribution in [0.3, 0.4) is 0 Å². The molecule has 3 unspecified atom stereocenters. The van der Waals surface area contributed by atoms with Crippen LogP contribution in [0.25, 0.3) is 0 Å². The van der Waals surface area contributed by atoms with Gasteiger partial charge in [-0.1, -0.05) is 296 Å². The van der Waals surface area contributed by atoms with Gasteiger partial charge in [-0.25, -0.2) is 4.57 Å². The van der Waals surface area contributed by atoms with Crippen LogP contribution in [-0.2, 0) is 27.9 Å². The van der Waals surface area contributed by atoms with Gasteiger partial charge in [-0.2, -0.15) is 0 Å². The number of hydrogen-bond donors (Lipinski definition) is 2. The second kappa shape index (κ2) is 57.7. The number of esters is 1. The van der Waals surface area contributed by atoms with Gasteiger partial charge in [0.25, 0.3) is 0 Å². The third kappa shape index (κ3) is 58.9. The second-order valence-electron chi connectivity index (χ2n) is 24.4. The number of unbranched alkanes of at least 4 members (excludes halogenated alkanes) is 44. The highest BCUT2D eigenvalue weighted by atomic mass is 31.2. The minimum Gasteiger partial charge on any atom is -0.456 e. The van der Waals surface area contributed by atoms with Crippen molar-refractivity contribution in [2.24, 2.45) is 0 Å². The van der Waals surface area contributed by atoms with Gasteiger partial charge in [-0.05, 0) is 57.4 Å². The first-order chi connectivity index (χ1) is 37.4. The molecule has 0 bridgehead atoms. The van der Waals surface area contributed by atoms with Crippen molar-refractivity contribution in [3.8, 4) is 0 Å². The number of carbonyl (C=O) groups excluding carboxylic acids is 2. The van der Waals surface area contributed by atoms with Crippen molar-refractivity contribution in [3.05, 3.63) is 24.3 Å². The van der Waals surface area contributed by atoms with Crippen LogP contribution < -0.4 is 5.32 Å². The molecule has 0 spiro atoms. The Morgan fingerprint density at radius 3 is 1.10 bits per heavy atom. The van der Waals surface area contributed by atoms with Crippen molar-refractivity contribution < 1.29 is 37.3 Å². The summed E-state index contributed by atoms with van der Waals surface area (Å²) in [6.45, 7) is 7.07. The Morgan fingerprint density at radius 2 is 0.753 bits per heavy atom. The first-order valence-electron chi connectivity index (χ1n) is 33.7. The zero-order chi connectivity index (χ0) is 56.4. The molecule has 0 aliphatic heterocycles. The minimum atomic E-state index is -4.45. The van der Waals surface area contributed by atoms with Crippen molar-refractivity contribution in [2.45, 2.75) is 354 Å². The van der Waals surface area contributed by atoms with E-state index in [1.165, 1.54) is 250 Å². The summed E-state index contributed by atoms with van der Waals surface area (Å²) < 4.78 is 30.8. The SMILES string of the molecule is CCCCCCCC/C=C/CCCCCCCCCCCCCC(=O)NC(COP(=O)(O)OCC[N+](C)(C)C)C(/C=C/CCCCCCCCCCCCC)OC(=O)CCCCCCCCCCCCCCCCCCC. The molecule has 0 aliphatic rings. The molecule has 0 radical (unpaired) electrons. The van der Waals surface area contributed by atoms with Crippen LogP contribution in [0.4, 0.5) is 0 Å². The second-order valence-corrected chi connectivity index (χ2v) is 25.8. The topological polar surface area (TPSA) is 111 Å². The number of carbonyl (C=O) groups is 2. The molecule has 10 heteroatoms. The Hall–Kier alpha value is -1.51. The van der Waals surface area contributed by atoms with E-state index >= 15 is 0 Å². The Labute approximate surface area is 479 Å². The average molecular weight is 1110 g/mol. The van der Waals surface area contributed by atoms with Crippen LogP contribution in [0, 0.1) is 0 Å². The normalized spacial score (nSPS) is 13.7. The summed E-state index contributed by atoms with van der Waals surface area (Å²) in [5, 5.41) is 3.07. The highest BCUT2D eigenvalue weighted by Crippen LogP contribution is 2.43. The molecular formula is C67H132N2O7P+. The Bertz CT molecular complexity index is 1370. The van der Waals surface area contributed by atoms with Crippen molar-refractivity contribution in [1.29, 1.82) is 0 Å². The highest BCUT2D eigenvalue weighted by Gasteiger charge is 2.30. The molecule has 0 heterocycles. The number of ether oxygens (including phenoxy) is 1. The van der Waals surface area contributed by atoms with E-state index in [2.05, 4.69) is 38.2 Å². The van der Waals surface area contributed by atoms with Gasteiger partial charge in [0.1, 0.15) is 19.3 Å². The number of nitrogens with one attached hydrogen (secondary N) is 1. The third-order valence-electron chi connectivity index (χ3n) is 15.4. The Balaban J connectivity index is 5.16. The molecule has 456 valence electrons. The lowest BCUT2D eigenvalue weighted by molar-refractivity contribution is -0.870. The number of phosphoric acid groups is 1. The number of likely N-dealkylation sites (N-methyl/N-ethyl adjacent to an activating group) is 1. The van der Waals surface area contributed by atoms with E-state index in [-0.39, 0.29) is 25.1 Å². The van der Waals surface area contributed by atoms with Crippen molar-refractivity contribution in [2.75, 3.05) is 40.9 Å². The Morgan fingerprint density at radius 1 is 0.442 bits per heavy atom. The summed E-state index contributed by atoms with van der Waals surface area (Å²) in [6.07, 6.45) is 68.9. The van der Waals surface area contributed by atoms with E-state index in [1.807, 2.05) is 33.3 Å². The summed E-state index contributed by atoms with van der Waals surface area (Å²) in [6, 6.07) is -0.843. The summed E-state index contributed by atoms with van der Waals surface area (Å²) >= 11 is 0. The van der Waals surface area contributed by atoms with E-state index in [1.54, 1.807) is 0 Å². The molecule has 0 aromatic rings. The number of quaternary nitrogens is 1. The standard InChI is InChI=1S/C67H131N2O7P/c1-7-10-13-16-19-22-25-28-30-32-33-34-35-37-38-41-44-47-50-53-56-59-66(70)68-64(63-75-77(72,73)74-62-61-69(4,5)6)65(58-55-52-49-46-43-40-27-24-21-18-15-12-9-3)76-67(71)60-57-54-51-48-45-42-39-36-31-29-26-23-20-17-14-11-8-2/h28,30,55,58,64-65H,7-27,29,31-54,56-57,59-63H2,1-6H3,(H-,68,70,72,73)/p+1/b30-28+,58-55+. The molecule has 77 heavy (non-hydrogen) atoms. The van der Waals surface area contributed by atoms with Crippen LogP contribution in [-0.4, -0.2) is 74.3 Å². The van der Waals surface area contributed by atoms with Gasteiger partial charge in [0.2, 0.25) is 5.91 Å². The van der Waals surface area contributed by atoms with Gasteiger partial charge in [-0.15, -0.1) is 0 Å². The van der Waals surface area contributed by atoms with Gasteiger partial charge in [0.15, 0.2) is 0 Å². The predicted molar refractivity (Wildman–Crippen MR) is 333 cm³/mol. The summed E-state index contributed by atoms with van der Waals surface area (Å²) in [4.78, 5) is 37.8. The molecule has 0 saturated carbocycles. The van der Waals surface area contributed by atoms with Gasteiger partial charge in [-0.3, -0.25) is 18.6 Å². The number of amides is 1. The van der Waals surface area contributed by atoms with E-state index < -0.39 is 20.0 Å². The van der Waals surface area contributed by atoms with Crippen LogP contribution in [0.5, 0.6) is 0 Å². The zero-order valence-electron chi connectivity index (χ0n) is 52.2. The molecular weight excluding hydrogens is 976 g/mol. The van der Waals surface area contributed by atoms with Gasteiger partial charge >= 0.3 is 13.8 Å². The van der Waals surface area contributed by atoms with Gasteiger partial charge in [0, 0.05) is 12.8 Å². The molecule has 0 aromatic heterocycles. The van der Waals surface area contributed by atoms with E-state index in [9.17, 15) is 19.0 Å². The average Bonchev–Trinajstić information content (AvgIpc) is 3.39. The summed E-state index contributed by atoms with van der Waals surface area (Å²) in [7, 11) is 1.51. The van der Waals surface area contributed by atoms with E-state index in [4.69, 9.17) is 13.8 Å². The zero-order valence-corrected chi connectivity index (χ0v) is 53.1. The maximum Gasteiger partial charge on any atom is 0.472 e. The maximum absolute atomic E-state index is 13.6. The lowest BCUT2D eigenvalue weighted by atomic mass is 10.0. The van der Waals surface area contributed by atoms with Gasteiger partial charge < -0.3 is 19.4 Å². The molecule has 1 amide bonds. The van der Waals surface area contributed by atoms with Crippen molar-refractivity contribution in [3.63, 3.8) is 0 Å². The van der Waals surface area contributed by atoms with Crippen molar-refractivity contribution >= 4 is 19.7 Å². The van der Waals surface area contributed by atoms with Crippen LogP contribution >= 0.6 is 7.82 Å². The first kappa shape index (κ1) is 75.5. The Kier molecular flexibility index (Phi) is 56.6. The quantitative estimate of drug-likeness (QED) is 0.0205. The monoisotopic (exact) mass is 1110 g/mol. The summed E-state index contributed by atoms with van der Waals surface area (Å²) in [5.74, 6) is -0.485. The van der Waals surface area contributed by atoms with Crippen LogP contribution in [0.15, 0.2) is 24.3 Å². The fourth-order valence-electron chi connectivity index (χ4n) is 10.2. The molecule has 0 fully saturated rings. The first-order valence-corrected chi connectivity index (χ1v) is 35.2. The predicted octanol–water partition coefficient (Wildman–Crippen LogP) is 20.9. The molecule has 3 atom stereocenters. The van der Waals surface area contributed by atoms with Gasteiger partial charge in [0.05, 0.1) is 33.8 Å².